The molecule has 0 unspecified atom stereocenters. The van der Waals surface area contributed by atoms with Gasteiger partial charge in [0, 0.05) is 10.6 Å². The van der Waals surface area contributed by atoms with Crippen LogP contribution in [0.1, 0.15) is 29.8 Å². The molecule has 1 amide bonds. The van der Waals surface area contributed by atoms with Crippen molar-refractivity contribution in [1.82, 2.24) is 4.98 Å². The number of hydrogen-bond acceptors (Lipinski definition) is 5. The molecule has 1 aromatic heterocycles. The van der Waals surface area contributed by atoms with Crippen LogP contribution in [0.25, 0.3) is 10.2 Å². The number of halogens is 1. The summed E-state index contributed by atoms with van der Waals surface area (Å²) in [5.74, 6) is 1.01. The zero-order valence-electron chi connectivity index (χ0n) is 17.9. The van der Waals surface area contributed by atoms with Gasteiger partial charge in [-0.05, 0) is 55.8 Å². The van der Waals surface area contributed by atoms with Crippen LogP contribution in [0.2, 0.25) is 5.02 Å². The van der Waals surface area contributed by atoms with Gasteiger partial charge in [-0.3, -0.25) is 9.69 Å². The van der Waals surface area contributed by atoms with Crippen LogP contribution in [0.3, 0.4) is 0 Å². The maximum absolute atomic E-state index is 13.7. The second kappa shape index (κ2) is 10.0. The highest BCUT2D eigenvalue weighted by molar-refractivity contribution is 7.22. The molecule has 0 aliphatic rings. The molecule has 4 aromatic rings. The van der Waals surface area contributed by atoms with Crippen molar-refractivity contribution in [2.75, 3.05) is 18.1 Å². The summed E-state index contributed by atoms with van der Waals surface area (Å²) in [7, 11) is 0. The van der Waals surface area contributed by atoms with Gasteiger partial charge in [-0.2, -0.15) is 0 Å². The first kappa shape index (κ1) is 22.1. The molecule has 0 N–H and O–H groups in total. The number of fused-ring (bicyclic) bond motifs is 1. The smallest absolute Gasteiger partial charge is 0.260 e. The standard InChI is InChI=1S/C25H23ClN2O3S/c1-3-30-21-13-10-18(14-22(21)31-4-2)24(29)28(16-17-8-6-5-7-9-17)25-27-20-12-11-19(26)15-23(20)32-25/h5-15H,3-4,16H2,1-2H3. The molecule has 0 fully saturated rings. The topological polar surface area (TPSA) is 51.7 Å². The Morgan fingerprint density at radius 3 is 2.47 bits per heavy atom. The van der Waals surface area contributed by atoms with E-state index in [9.17, 15) is 4.79 Å². The van der Waals surface area contributed by atoms with E-state index in [0.717, 1.165) is 15.8 Å². The van der Waals surface area contributed by atoms with Gasteiger partial charge in [0.05, 0.1) is 30.0 Å². The number of nitrogens with zero attached hydrogens (tertiary/aromatic N) is 2. The Hall–Kier alpha value is -3.09. The average Bonchev–Trinajstić information content (AvgIpc) is 3.22. The normalized spacial score (nSPS) is 10.8. The fourth-order valence-electron chi connectivity index (χ4n) is 3.33. The molecule has 164 valence electrons. The second-order valence-corrected chi connectivity index (χ2v) is 8.46. The summed E-state index contributed by atoms with van der Waals surface area (Å²) >= 11 is 7.60. The van der Waals surface area contributed by atoms with Gasteiger partial charge in [0.25, 0.3) is 5.91 Å². The van der Waals surface area contributed by atoms with E-state index in [0.29, 0.717) is 47.0 Å². The van der Waals surface area contributed by atoms with Gasteiger partial charge in [-0.15, -0.1) is 0 Å². The number of carbonyl (C=O) groups is 1. The van der Waals surface area contributed by atoms with Crippen LogP contribution in [0.4, 0.5) is 5.13 Å². The van der Waals surface area contributed by atoms with E-state index in [1.54, 1.807) is 29.2 Å². The van der Waals surface area contributed by atoms with Crippen LogP contribution >= 0.6 is 22.9 Å². The molecule has 0 spiro atoms. The maximum atomic E-state index is 13.7. The van der Waals surface area contributed by atoms with Gasteiger partial charge < -0.3 is 9.47 Å². The largest absolute Gasteiger partial charge is 0.490 e. The van der Waals surface area contributed by atoms with E-state index in [1.807, 2.05) is 56.3 Å². The summed E-state index contributed by atoms with van der Waals surface area (Å²) in [6, 6.07) is 20.7. The zero-order chi connectivity index (χ0) is 22.5. The van der Waals surface area contributed by atoms with Crippen molar-refractivity contribution in [3.63, 3.8) is 0 Å². The molecule has 0 radical (unpaired) electrons. The molecule has 0 aliphatic heterocycles. The van der Waals surface area contributed by atoms with Crippen molar-refractivity contribution in [1.29, 1.82) is 0 Å². The van der Waals surface area contributed by atoms with Crippen molar-refractivity contribution in [2.24, 2.45) is 0 Å². The number of thiazole rings is 1. The minimum Gasteiger partial charge on any atom is -0.490 e. The molecule has 32 heavy (non-hydrogen) atoms. The number of carbonyl (C=O) groups excluding carboxylic acids is 1. The van der Waals surface area contributed by atoms with Crippen LogP contribution in [0.5, 0.6) is 11.5 Å². The predicted octanol–water partition coefficient (Wildman–Crippen LogP) is 6.59. The first-order valence-corrected chi connectivity index (χ1v) is 11.6. The summed E-state index contributed by atoms with van der Waals surface area (Å²) in [5.41, 5.74) is 2.32. The lowest BCUT2D eigenvalue weighted by atomic mass is 10.1. The lowest BCUT2D eigenvalue weighted by Gasteiger charge is -2.21. The number of amides is 1. The monoisotopic (exact) mass is 466 g/mol. The van der Waals surface area contributed by atoms with Gasteiger partial charge in [-0.1, -0.05) is 53.3 Å². The molecule has 0 atom stereocenters. The van der Waals surface area contributed by atoms with Crippen LogP contribution in [0, 0.1) is 0 Å². The van der Waals surface area contributed by atoms with Crippen molar-refractivity contribution < 1.29 is 14.3 Å². The van der Waals surface area contributed by atoms with Gasteiger partial charge in [0.1, 0.15) is 0 Å². The van der Waals surface area contributed by atoms with Crippen LogP contribution in [-0.4, -0.2) is 24.1 Å². The third-order valence-electron chi connectivity index (χ3n) is 4.79. The number of ether oxygens (including phenoxy) is 2. The maximum Gasteiger partial charge on any atom is 0.260 e. The number of hydrogen-bond donors (Lipinski definition) is 0. The molecular formula is C25H23ClN2O3S. The molecule has 4 rings (SSSR count). The summed E-state index contributed by atoms with van der Waals surface area (Å²) in [5, 5.41) is 1.25. The Balaban J connectivity index is 1.75. The Morgan fingerprint density at radius 1 is 0.969 bits per heavy atom. The fourth-order valence-corrected chi connectivity index (χ4v) is 4.57. The number of anilines is 1. The third-order valence-corrected chi connectivity index (χ3v) is 6.07. The SMILES string of the molecule is CCOc1ccc(C(=O)N(Cc2ccccc2)c2nc3ccc(Cl)cc3s2)cc1OCC. The number of benzene rings is 3. The minimum atomic E-state index is -0.164. The quantitative estimate of drug-likeness (QED) is 0.294. The van der Waals surface area contributed by atoms with Crippen molar-refractivity contribution in [3.05, 3.63) is 82.9 Å². The van der Waals surface area contributed by atoms with Gasteiger partial charge >= 0.3 is 0 Å². The van der Waals surface area contributed by atoms with E-state index >= 15 is 0 Å². The third kappa shape index (κ3) is 4.87. The highest BCUT2D eigenvalue weighted by atomic mass is 35.5. The first-order valence-electron chi connectivity index (χ1n) is 10.4. The van der Waals surface area contributed by atoms with E-state index in [4.69, 9.17) is 26.1 Å². The highest BCUT2D eigenvalue weighted by Crippen LogP contribution is 2.34. The van der Waals surface area contributed by atoms with Crippen LogP contribution in [-0.2, 0) is 6.54 Å². The second-order valence-electron chi connectivity index (χ2n) is 7.01. The lowest BCUT2D eigenvalue weighted by molar-refractivity contribution is 0.0984. The van der Waals surface area contributed by atoms with Crippen molar-refractivity contribution in [3.8, 4) is 11.5 Å². The molecule has 5 nitrogen and oxygen atoms in total. The zero-order valence-corrected chi connectivity index (χ0v) is 19.4. The fraction of sp³-hybridized carbons (Fsp3) is 0.200. The molecule has 0 saturated carbocycles. The molecule has 1 heterocycles. The minimum absolute atomic E-state index is 0.164. The molecular weight excluding hydrogens is 444 g/mol. The van der Waals surface area contributed by atoms with Crippen LogP contribution < -0.4 is 14.4 Å². The molecule has 0 bridgehead atoms. The van der Waals surface area contributed by atoms with E-state index in [-0.39, 0.29) is 5.91 Å². The summed E-state index contributed by atoms with van der Waals surface area (Å²) in [4.78, 5) is 20.1. The highest BCUT2D eigenvalue weighted by Gasteiger charge is 2.23. The molecule has 0 saturated heterocycles. The van der Waals surface area contributed by atoms with Gasteiger partial charge in [0.15, 0.2) is 16.6 Å². The Kier molecular flexibility index (Phi) is 6.93. The Bertz CT molecular complexity index is 1230. The van der Waals surface area contributed by atoms with Gasteiger partial charge in [-0.25, -0.2) is 4.98 Å². The Labute approximate surface area is 196 Å². The van der Waals surface area contributed by atoms with Crippen LogP contribution in [0.15, 0.2) is 66.7 Å². The average molecular weight is 467 g/mol. The number of aromatic nitrogens is 1. The van der Waals surface area contributed by atoms with Gasteiger partial charge in [0.2, 0.25) is 0 Å². The van der Waals surface area contributed by atoms with Crippen molar-refractivity contribution in [2.45, 2.75) is 20.4 Å². The van der Waals surface area contributed by atoms with Crippen molar-refractivity contribution >= 4 is 44.2 Å². The number of rotatable bonds is 8. The van der Waals surface area contributed by atoms with E-state index < -0.39 is 0 Å². The predicted molar refractivity (Wildman–Crippen MR) is 130 cm³/mol. The molecule has 0 aliphatic carbocycles. The molecule has 3 aromatic carbocycles. The van der Waals surface area contributed by atoms with E-state index in [2.05, 4.69) is 0 Å². The van der Waals surface area contributed by atoms with E-state index in [1.165, 1.54) is 11.3 Å². The molecule has 7 heteroatoms. The summed E-state index contributed by atoms with van der Waals surface area (Å²) in [6.07, 6.45) is 0. The first-order chi connectivity index (χ1) is 15.6. The Morgan fingerprint density at radius 2 is 1.72 bits per heavy atom. The summed E-state index contributed by atoms with van der Waals surface area (Å²) in [6.45, 7) is 5.20. The lowest BCUT2D eigenvalue weighted by Crippen LogP contribution is -2.30. The summed E-state index contributed by atoms with van der Waals surface area (Å²) < 4.78 is 12.3.